The molecule has 0 saturated heterocycles. The summed E-state index contributed by atoms with van der Waals surface area (Å²) in [6.45, 7) is 1.29. The summed E-state index contributed by atoms with van der Waals surface area (Å²) in [5.41, 5.74) is -1.30. The molecule has 82 valence electrons. The average molecular weight is 220 g/mol. The molecule has 1 nitrogen and oxygen atoms in total. The first-order chi connectivity index (χ1) is 6.86. The van der Waals surface area contributed by atoms with Gasteiger partial charge in [0, 0.05) is 5.92 Å². The number of aldehydes is 1. The van der Waals surface area contributed by atoms with Gasteiger partial charge in [0.2, 0.25) is 0 Å². The van der Waals surface area contributed by atoms with Crippen LogP contribution in [0, 0.1) is 5.82 Å². The van der Waals surface area contributed by atoms with E-state index in [9.17, 15) is 22.4 Å². The quantitative estimate of drug-likeness (QED) is 0.552. The van der Waals surface area contributed by atoms with Gasteiger partial charge in [-0.1, -0.05) is 6.92 Å². The molecule has 0 aliphatic rings. The molecule has 0 amide bonds. The highest BCUT2D eigenvalue weighted by molar-refractivity contribution is 5.62. The van der Waals surface area contributed by atoms with E-state index in [1.807, 2.05) is 0 Å². The number of carbonyl (C=O) groups excluding carboxylic acids is 1. The highest BCUT2D eigenvalue weighted by Gasteiger charge is 2.34. The van der Waals surface area contributed by atoms with Gasteiger partial charge >= 0.3 is 6.18 Å². The first kappa shape index (κ1) is 11.7. The van der Waals surface area contributed by atoms with Crippen LogP contribution in [0.1, 0.15) is 24.0 Å². The Morgan fingerprint density at radius 3 is 2.40 bits per heavy atom. The minimum Gasteiger partial charge on any atom is -0.303 e. The van der Waals surface area contributed by atoms with Crippen molar-refractivity contribution >= 4 is 6.29 Å². The fraction of sp³-hybridized carbons (Fsp3) is 0.300. The Labute approximate surface area is 83.7 Å². The van der Waals surface area contributed by atoms with Gasteiger partial charge in [-0.15, -0.1) is 0 Å². The fourth-order valence-corrected chi connectivity index (χ4v) is 1.24. The Balaban J connectivity index is 3.33. The lowest BCUT2D eigenvalue weighted by Gasteiger charge is -2.14. The Hall–Kier alpha value is -1.39. The van der Waals surface area contributed by atoms with E-state index in [2.05, 4.69) is 0 Å². The number of hydrogen-bond acceptors (Lipinski definition) is 1. The molecule has 0 bridgehead atoms. The molecule has 1 unspecified atom stereocenters. The molecule has 0 aromatic heterocycles. The van der Waals surface area contributed by atoms with E-state index < -0.39 is 23.5 Å². The van der Waals surface area contributed by atoms with Crippen molar-refractivity contribution in [2.75, 3.05) is 0 Å². The molecule has 0 heterocycles. The summed E-state index contributed by atoms with van der Waals surface area (Å²) in [4.78, 5) is 10.4. The molecule has 5 heteroatoms. The normalized spacial score (nSPS) is 13.7. The van der Waals surface area contributed by atoms with Crippen LogP contribution in [0.25, 0.3) is 0 Å². The molecular weight excluding hydrogens is 212 g/mol. The molecule has 0 N–H and O–H groups in total. The van der Waals surface area contributed by atoms with Gasteiger partial charge in [-0.25, -0.2) is 4.39 Å². The van der Waals surface area contributed by atoms with Gasteiger partial charge in [-0.3, -0.25) is 0 Å². The van der Waals surface area contributed by atoms with E-state index in [-0.39, 0.29) is 5.56 Å². The molecule has 0 fully saturated rings. The van der Waals surface area contributed by atoms with Crippen molar-refractivity contribution in [3.05, 3.63) is 35.1 Å². The number of rotatable bonds is 2. The minimum atomic E-state index is -4.57. The third-order valence-electron chi connectivity index (χ3n) is 2.01. The standard InChI is InChI=1S/C10H8F4O/c1-6(5-15)8-4-7(11)2-3-9(8)10(12,13)14/h2-6H,1H3. The molecule has 0 aliphatic carbocycles. The van der Waals surface area contributed by atoms with Gasteiger partial charge in [0.1, 0.15) is 12.1 Å². The fourth-order valence-electron chi connectivity index (χ4n) is 1.24. The van der Waals surface area contributed by atoms with E-state index in [0.29, 0.717) is 12.4 Å². The number of carbonyl (C=O) groups is 1. The number of halogens is 4. The van der Waals surface area contributed by atoms with Crippen molar-refractivity contribution in [3.63, 3.8) is 0 Å². The first-order valence-electron chi connectivity index (χ1n) is 4.18. The van der Waals surface area contributed by atoms with Crippen molar-refractivity contribution in [2.45, 2.75) is 19.0 Å². The predicted octanol–water partition coefficient (Wildman–Crippen LogP) is 3.15. The van der Waals surface area contributed by atoms with Gasteiger partial charge in [-0.2, -0.15) is 13.2 Å². The van der Waals surface area contributed by atoms with Gasteiger partial charge in [0.05, 0.1) is 5.56 Å². The lowest BCUT2D eigenvalue weighted by Crippen LogP contribution is -2.11. The Kier molecular flexibility index (Phi) is 3.12. The zero-order valence-corrected chi connectivity index (χ0v) is 7.81. The van der Waals surface area contributed by atoms with E-state index >= 15 is 0 Å². The average Bonchev–Trinajstić information content (AvgIpc) is 2.14. The highest BCUT2D eigenvalue weighted by atomic mass is 19.4. The van der Waals surface area contributed by atoms with Crippen molar-refractivity contribution in [3.8, 4) is 0 Å². The number of benzene rings is 1. The van der Waals surface area contributed by atoms with Crippen molar-refractivity contribution < 1.29 is 22.4 Å². The van der Waals surface area contributed by atoms with Crippen LogP contribution in [-0.4, -0.2) is 6.29 Å². The Morgan fingerprint density at radius 1 is 1.33 bits per heavy atom. The monoisotopic (exact) mass is 220 g/mol. The maximum atomic E-state index is 12.7. The first-order valence-corrected chi connectivity index (χ1v) is 4.18. The molecule has 15 heavy (non-hydrogen) atoms. The van der Waals surface area contributed by atoms with E-state index in [1.165, 1.54) is 6.92 Å². The summed E-state index contributed by atoms with van der Waals surface area (Å²) in [5.74, 6) is -1.76. The van der Waals surface area contributed by atoms with Crippen molar-refractivity contribution in [1.29, 1.82) is 0 Å². The van der Waals surface area contributed by atoms with E-state index in [4.69, 9.17) is 0 Å². The Bertz CT molecular complexity index is 370. The van der Waals surface area contributed by atoms with Gasteiger partial charge in [0.25, 0.3) is 0 Å². The van der Waals surface area contributed by atoms with Crippen LogP contribution in [0.15, 0.2) is 18.2 Å². The molecule has 0 spiro atoms. The van der Waals surface area contributed by atoms with Gasteiger partial charge in [-0.05, 0) is 23.8 Å². The van der Waals surface area contributed by atoms with Crippen LogP contribution in [0.2, 0.25) is 0 Å². The van der Waals surface area contributed by atoms with Crippen LogP contribution in [0.4, 0.5) is 17.6 Å². The lowest BCUT2D eigenvalue weighted by molar-refractivity contribution is -0.138. The summed E-state index contributed by atoms with van der Waals surface area (Å²) in [6, 6.07) is 2.11. The van der Waals surface area contributed by atoms with Crippen LogP contribution >= 0.6 is 0 Å². The second-order valence-corrected chi connectivity index (χ2v) is 3.15. The van der Waals surface area contributed by atoms with Crippen LogP contribution in [0.3, 0.4) is 0 Å². The molecule has 0 radical (unpaired) electrons. The molecule has 1 aromatic carbocycles. The van der Waals surface area contributed by atoms with E-state index in [1.54, 1.807) is 0 Å². The zero-order chi connectivity index (χ0) is 11.6. The topological polar surface area (TPSA) is 17.1 Å². The summed E-state index contributed by atoms with van der Waals surface area (Å²) in [5, 5.41) is 0. The molecule has 0 saturated carbocycles. The summed E-state index contributed by atoms with van der Waals surface area (Å²) < 4.78 is 50.1. The van der Waals surface area contributed by atoms with Crippen LogP contribution < -0.4 is 0 Å². The summed E-state index contributed by atoms with van der Waals surface area (Å²) in [6.07, 6.45) is -4.22. The number of alkyl halides is 3. The molecule has 0 aliphatic heterocycles. The van der Waals surface area contributed by atoms with Crippen LogP contribution in [0.5, 0.6) is 0 Å². The SMILES string of the molecule is CC(C=O)c1cc(F)ccc1C(F)(F)F. The highest BCUT2D eigenvalue weighted by Crippen LogP contribution is 2.34. The maximum Gasteiger partial charge on any atom is 0.416 e. The lowest BCUT2D eigenvalue weighted by atomic mass is 9.96. The number of hydrogen-bond donors (Lipinski definition) is 0. The molecule has 1 aromatic rings. The van der Waals surface area contributed by atoms with Gasteiger partial charge in [0.15, 0.2) is 0 Å². The third-order valence-corrected chi connectivity index (χ3v) is 2.01. The van der Waals surface area contributed by atoms with Crippen molar-refractivity contribution in [1.82, 2.24) is 0 Å². The van der Waals surface area contributed by atoms with Gasteiger partial charge < -0.3 is 4.79 Å². The Morgan fingerprint density at radius 2 is 1.93 bits per heavy atom. The summed E-state index contributed by atoms with van der Waals surface area (Å²) >= 11 is 0. The second kappa shape index (κ2) is 4.00. The molecular formula is C10H8F4O. The smallest absolute Gasteiger partial charge is 0.303 e. The van der Waals surface area contributed by atoms with Crippen molar-refractivity contribution in [2.24, 2.45) is 0 Å². The molecule has 1 atom stereocenters. The van der Waals surface area contributed by atoms with Crippen LogP contribution in [-0.2, 0) is 11.0 Å². The molecule has 1 rings (SSSR count). The second-order valence-electron chi connectivity index (χ2n) is 3.15. The summed E-state index contributed by atoms with van der Waals surface area (Å²) in [7, 11) is 0. The zero-order valence-electron chi connectivity index (χ0n) is 7.81. The maximum absolute atomic E-state index is 12.7. The van der Waals surface area contributed by atoms with E-state index in [0.717, 1.165) is 12.1 Å². The minimum absolute atomic E-state index is 0.336. The third kappa shape index (κ3) is 2.55. The predicted molar refractivity (Wildman–Crippen MR) is 45.9 cm³/mol. The largest absolute Gasteiger partial charge is 0.416 e.